The Labute approximate surface area is 111 Å². The number of alkyl halides is 3. The van der Waals surface area contributed by atoms with Crippen molar-refractivity contribution in [3.8, 4) is 0 Å². The zero-order chi connectivity index (χ0) is 13.9. The number of halogens is 3. The lowest BCUT2D eigenvalue weighted by molar-refractivity contribution is 0.234. The van der Waals surface area contributed by atoms with Crippen LogP contribution in [0, 0.1) is 0 Å². The van der Waals surface area contributed by atoms with Crippen LogP contribution in [0.2, 0.25) is 0 Å². The van der Waals surface area contributed by atoms with Crippen molar-refractivity contribution in [2.75, 3.05) is 0 Å². The maximum absolute atomic E-state index is 12.6. The van der Waals surface area contributed by atoms with Gasteiger partial charge in [-0.25, -0.2) is 8.42 Å². The summed E-state index contributed by atoms with van der Waals surface area (Å²) in [6, 6.07) is 5.81. The summed E-state index contributed by atoms with van der Waals surface area (Å²) in [7, 11) is -4.59. The SMILES string of the molecule is CCC(c1ccccc1S(=O)(=O)C(F)F)C(C)Cl. The normalized spacial score (nSPS) is 15.7. The van der Waals surface area contributed by atoms with Crippen LogP contribution in [0.5, 0.6) is 0 Å². The second kappa shape index (κ2) is 5.97. The fraction of sp³-hybridized carbons (Fsp3) is 0.500. The lowest BCUT2D eigenvalue weighted by atomic mass is 9.94. The summed E-state index contributed by atoms with van der Waals surface area (Å²) in [5.74, 6) is -3.68. The molecule has 0 aromatic heterocycles. The molecule has 18 heavy (non-hydrogen) atoms. The van der Waals surface area contributed by atoms with Crippen molar-refractivity contribution in [3.05, 3.63) is 29.8 Å². The molecule has 1 rings (SSSR count). The topological polar surface area (TPSA) is 34.1 Å². The number of benzene rings is 1. The minimum Gasteiger partial charge on any atom is -0.218 e. The van der Waals surface area contributed by atoms with E-state index >= 15 is 0 Å². The Balaban J connectivity index is 3.40. The molecule has 0 N–H and O–H groups in total. The summed E-state index contributed by atoms with van der Waals surface area (Å²) in [6.07, 6.45) is 0.584. The van der Waals surface area contributed by atoms with Gasteiger partial charge in [0.05, 0.1) is 4.90 Å². The zero-order valence-corrected chi connectivity index (χ0v) is 11.7. The second-order valence-corrected chi connectivity index (χ2v) is 6.61. The predicted octanol–water partition coefficient (Wildman–Crippen LogP) is 3.80. The first-order valence-electron chi connectivity index (χ1n) is 5.57. The summed E-state index contributed by atoms with van der Waals surface area (Å²) in [4.78, 5) is -0.320. The number of sulfone groups is 1. The third-order valence-corrected chi connectivity index (χ3v) is 4.61. The first-order valence-corrected chi connectivity index (χ1v) is 7.55. The molecule has 2 unspecified atom stereocenters. The molecule has 0 aliphatic carbocycles. The van der Waals surface area contributed by atoms with E-state index in [0.29, 0.717) is 12.0 Å². The smallest absolute Gasteiger partial charge is 0.218 e. The zero-order valence-electron chi connectivity index (χ0n) is 10.1. The average molecular weight is 297 g/mol. The molecule has 0 amide bonds. The summed E-state index contributed by atoms with van der Waals surface area (Å²) >= 11 is 6.00. The van der Waals surface area contributed by atoms with E-state index in [0.717, 1.165) is 0 Å². The molecule has 0 heterocycles. The van der Waals surface area contributed by atoms with Crippen molar-refractivity contribution in [1.29, 1.82) is 0 Å². The van der Waals surface area contributed by atoms with Crippen LogP contribution in [0.15, 0.2) is 29.2 Å². The van der Waals surface area contributed by atoms with E-state index in [9.17, 15) is 17.2 Å². The Morgan fingerprint density at radius 2 is 1.83 bits per heavy atom. The van der Waals surface area contributed by atoms with Crippen LogP contribution in [0.25, 0.3) is 0 Å². The van der Waals surface area contributed by atoms with Crippen LogP contribution in [0.3, 0.4) is 0 Å². The van der Waals surface area contributed by atoms with Gasteiger partial charge in [0, 0.05) is 11.3 Å². The predicted molar refractivity (Wildman–Crippen MR) is 68.0 cm³/mol. The average Bonchev–Trinajstić information content (AvgIpc) is 2.29. The first kappa shape index (κ1) is 15.4. The largest absolute Gasteiger partial charge is 0.341 e. The van der Waals surface area contributed by atoms with Gasteiger partial charge in [0.2, 0.25) is 9.84 Å². The third kappa shape index (κ3) is 3.01. The van der Waals surface area contributed by atoms with E-state index in [1.54, 1.807) is 19.1 Å². The highest BCUT2D eigenvalue weighted by Crippen LogP contribution is 2.33. The van der Waals surface area contributed by atoms with Crippen molar-refractivity contribution in [2.45, 2.75) is 42.2 Å². The molecule has 6 heteroatoms. The minimum atomic E-state index is -4.59. The maximum Gasteiger partial charge on any atom is 0.341 e. The van der Waals surface area contributed by atoms with Gasteiger partial charge in [0.1, 0.15) is 0 Å². The highest BCUT2D eigenvalue weighted by atomic mass is 35.5. The van der Waals surface area contributed by atoms with E-state index in [1.165, 1.54) is 12.1 Å². The molecular weight excluding hydrogens is 282 g/mol. The maximum atomic E-state index is 12.6. The van der Waals surface area contributed by atoms with Gasteiger partial charge in [-0.05, 0) is 25.0 Å². The van der Waals surface area contributed by atoms with Gasteiger partial charge in [-0.2, -0.15) is 8.78 Å². The van der Waals surface area contributed by atoms with Gasteiger partial charge >= 0.3 is 5.76 Å². The number of hydrogen-bond donors (Lipinski definition) is 0. The third-order valence-electron chi connectivity index (χ3n) is 2.85. The molecule has 0 saturated heterocycles. The minimum absolute atomic E-state index is 0.267. The molecule has 102 valence electrons. The number of rotatable bonds is 5. The van der Waals surface area contributed by atoms with Gasteiger partial charge in [-0.3, -0.25) is 0 Å². The highest BCUT2D eigenvalue weighted by Gasteiger charge is 2.31. The lowest BCUT2D eigenvalue weighted by Crippen LogP contribution is -2.17. The van der Waals surface area contributed by atoms with Crippen LogP contribution in [-0.4, -0.2) is 19.6 Å². The van der Waals surface area contributed by atoms with Crippen LogP contribution < -0.4 is 0 Å². The van der Waals surface area contributed by atoms with Gasteiger partial charge in [0.25, 0.3) is 0 Å². The van der Waals surface area contributed by atoms with Crippen LogP contribution >= 0.6 is 11.6 Å². The Morgan fingerprint density at radius 1 is 1.28 bits per heavy atom. The standard InChI is InChI=1S/C12H15ClF2O2S/c1-3-9(8(2)13)10-6-4-5-7-11(10)18(16,17)12(14)15/h4-9,12H,3H2,1-2H3. The van der Waals surface area contributed by atoms with E-state index in [2.05, 4.69) is 0 Å². The summed E-state index contributed by atoms with van der Waals surface area (Å²) < 4.78 is 48.5. The van der Waals surface area contributed by atoms with E-state index in [4.69, 9.17) is 11.6 Å². The monoisotopic (exact) mass is 296 g/mol. The molecule has 0 aliphatic rings. The van der Waals surface area contributed by atoms with Gasteiger partial charge < -0.3 is 0 Å². The molecule has 0 spiro atoms. The summed E-state index contributed by atoms with van der Waals surface area (Å²) in [6.45, 7) is 3.57. The van der Waals surface area contributed by atoms with E-state index in [1.807, 2.05) is 6.92 Å². The molecule has 1 aromatic rings. The Hall–Kier alpha value is -0.680. The molecule has 0 radical (unpaired) electrons. The number of hydrogen-bond acceptors (Lipinski definition) is 2. The van der Waals surface area contributed by atoms with Gasteiger partial charge in [0.15, 0.2) is 0 Å². The van der Waals surface area contributed by atoms with Gasteiger partial charge in [-0.1, -0.05) is 25.1 Å². The molecular formula is C12H15ClF2O2S. The Morgan fingerprint density at radius 3 is 2.28 bits per heavy atom. The van der Waals surface area contributed by atoms with Crippen molar-refractivity contribution < 1.29 is 17.2 Å². The summed E-state index contributed by atoms with van der Waals surface area (Å²) in [5.41, 5.74) is 0.364. The van der Waals surface area contributed by atoms with Crippen molar-refractivity contribution >= 4 is 21.4 Å². The van der Waals surface area contributed by atoms with Crippen molar-refractivity contribution in [3.63, 3.8) is 0 Å². The molecule has 0 aliphatic heterocycles. The van der Waals surface area contributed by atoms with Crippen LogP contribution in [0.4, 0.5) is 8.78 Å². The van der Waals surface area contributed by atoms with E-state index in [-0.39, 0.29) is 16.2 Å². The van der Waals surface area contributed by atoms with Crippen molar-refractivity contribution in [1.82, 2.24) is 0 Å². The fourth-order valence-electron chi connectivity index (χ4n) is 1.93. The van der Waals surface area contributed by atoms with Crippen molar-refractivity contribution in [2.24, 2.45) is 0 Å². The van der Waals surface area contributed by atoms with Crippen LogP contribution in [-0.2, 0) is 9.84 Å². The fourth-order valence-corrected chi connectivity index (χ4v) is 3.26. The Bertz CT molecular complexity index is 501. The van der Waals surface area contributed by atoms with E-state index < -0.39 is 15.6 Å². The second-order valence-electron chi connectivity index (χ2n) is 4.04. The molecule has 2 nitrogen and oxygen atoms in total. The molecule has 0 bridgehead atoms. The quantitative estimate of drug-likeness (QED) is 0.774. The molecule has 0 saturated carbocycles. The summed E-state index contributed by atoms with van der Waals surface area (Å²) in [5, 5.41) is -0.330. The molecule has 2 atom stereocenters. The molecule has 1 aromatic carbocycles. The lowest BCUT2D eigenvalue weighted by Gasteiger charge is -2.21. The molecule has 0 fully saturated rings. The Kier molecular flexibility index (Phi) is 5.10. The van der Waals surface area contributed by atoms with Crippen LogP contribution in [0.1, 0.15) is 31.7 Å². The first-order chi connectivity index (χ1) is 8.32. The van der Waals surface area contributed by atoms with Gasteiger partial charge in [-0.15, -0.1) is 11.6 Å². The highest BCUT2D eigenvalue weighted by molar-refractivity contribution is 7.91.